The van der Waals surface area contributed by atoms with Gasteiger partial charge in [0.15, 0.2) is 0 Å². The van der Waals surface area contributed by atoms with Crippen LogP contribution in [0.1, 0.15) is 30.9 Å². The van der Waals surface area contributed by atoms with E-state index in [4.69, 9.17) is 0 Å². The number of carbonyl (C=O) groups is 2. The highest BCUT2D eigenvalue weighted by Gasteiger charge is 2.31. The molecule has 0 saturated carbocycles. The minimum atomic E-state index is -0.899. The van der Waals surface area contributed by atoms with Crippen LogP contribution in [0.2, 0.25) is 0 Å². The Hall–Kier alpha value is -1.88. The normalized spacial score (nSPS) is 19.9. The van der Waals surface area contributed by atoms with E-state index < -0.39 is 12.0 Å². The summed E-state index contributed by atoms with van der Waals surface area (Å²) >= 11 is 0. The number of aliphatic carboxylic acids is 1. The van der Waals surface area contributed by atoms with Crippen molar-refractivity contribution in [3.05, 3.63) is 35.4 Å². The lowest BCUT2D eigenvalue weighted by atomic mass is 10.0. The third-order valence-corrected chi connectivity index (χ3v) is 3.60. The molecule has 1 amide bonds. The van der Waals surface area contributed by atoms with Gasteiger partial charge in [-0.05, 0) is 17.0 Å². The summed E-state index contributed by atoms with van der Waals surface area (Å²) in [6.45, 7) is 5.03. The van der Waals surface area contributed by atoms with Crippen LogP contribution in [-0.2, 0) is 16.1 Å². The van der Waals surface area contributed by atoms with Gasteiger partial charge in [-0.15, -0.1) is 0 Å². The van der Waals surface area contributed by atoms with Crippen LogP contribution in [0.15, 0.2) is 24.3 Å². The van der Waals surface area contributed by atoms with E-state index in [1.54, 1.807) is 4.90 Å². The maximum Gasteiger partial charge on any atom is 0.322 e. The maximum absolute atomic E-state index is 11.4. The quantitative estimate of drug-likeness (QED) is 0.867. The van der Waals surface area contributed by atoms with Crippen LogP contribution in [0.4, 0.5) is 0 Å². The van der Waals surface area contributed by atoms with Gasteiger partial charge < -0.3 is 10.4 Å². The molecule has 1 heterocycles. The third kappa shape index (κ3) is 3.36. The second kappa shape index (κ2) is 6.05. The molecule has 0 aromatic heterocycles. The predicted molar refractivity (Wildman–Crippen MR) is 75.4 cm³/mol. The molecule has 1 aromatic carbocycles. The van der Waals surface area contributed by atoms with E-state index in [0.717, 1.165) is 5.56 Å². The van der Waals surface area contributed by atoms with Gasteiger partial charge in [-0.2, -0.15) is 0 Å². The molecule has 20 heavy (non-hydrogen) atoms. The minimum Gasteiger partial charge on any atom is -0.480 e. The van der Waals surface area contributed by atoms with E-state index in [1.807, 2.05) is 12.1 Å². The number of piperazine rings is 1. The molecule has 1 atom stereocenters. The first-order chi connectivity index (χ1) is 9.47. The Morgan fingerprint density at radius 3 is 2.60 bits per heavy atom. The molecule has 1 saturated heterocycles. The summed E-state index contributed by atoms with van der Waals surface area (Å²) in [5, 5.41) is 11.8. The lowest BCUT2D eigenvalue weighted by molar-refractivity contribution is -0.146. The lowest BCUT2D eigenvalue weighted by Gasteiger charge is -2.32. The topological polar surface area (TPSA) is 69.6 Å². The van der Waals surface area contributed by atoms with E-state index in [1.165, 1.54) is 5.56 Å². The standard InChI is InChI=1S/C15H20N2O3/c1-10(2)12-5-3-11(4-6-12)8-17-9-14(18)16-7-13(17)15(19)20/h3-6,10,13H,7-9H2,1-2H3,(H,16,18)(H,19,20). The molecule has 1 aliphatic heterocycles. The van der Waals surface area contributed by atoms with Crippen LogP contribution in [0.5, 0.6) is 0 Å². The fourth-order valence-electron chi connectivity index (χ4n) is 2.34. The first-order valence-electron chi connectivity index (χ1n) is 6.79. The van der Waals surface area contributed by atoms with Crippen molar-refractivity contribution >= 4 is 11.9 Å². The third-order valence-electron chi connectivity index (χ3n) is 3.60. The first-order valence-corrected chi connectivity index (χ1v) is 6.79. The molecule has 5 nitrogen and oxygen atoms in total. The van der Waals surface area contributed by atoms with E-state index >= 15 is 0 Å². The summed E-state index contributed by atoms with van der Waals surface area (Å²) in [5.74, 6) is -0.554. The zero-order valence-corrected chi connectivity index (χ0v) is 11.8. The Morgan fingerprint density at radius 2 is 2.05 bits per heavy atom. The Morgan fingerprint density at radius 1 is 1.40 bits per heavy atom. The van der Waals surface area contributed by atoms with Crippen molar-refractivity contribution in [2.45, 2.75) is 32.4 Å². The zero-order chi connectivity index (χ0) is 14.7. The van der Waals surface area contributed by atoms with Crippen molar-refractivity contribution in [1.82, 2.24) is 10.2 Å². The fraction of sp³-hybridized carbons (Fsp3) is 0.467. The highest BCUT2D eigenvalue weighted by molar-refractivity contribution is 5.83. The molecule has 2 rings (SSSR count). The Balaban J connectivity index is 2.09. The van der Waals surface area contributed by atoms with Crippen LogP contribution in [0.25, 0.3) is 0 Å². The number of carboxylic acid groups (broad SMARTS) is 1. The molecule has 108 valence electrons. The Bertz CT molecular complexity index is 496. The van der Waals surface area contributed by atoms with E-state index in [2.05, 4.69) is 31.3 Å². The molecule has 0 bridgehead atoms. The van der Waals surface area contributed by atoms with Gasteiger partial charge >= 0.3 is 5.97 Å². The maximum atomic E-state index is 11.4. The molecule has 0 spiro atoms. The molecule has 1 aromatic rings. The highest BCUT2D eigenvalue weighted by atomic mass is 16.4. The number of amides is 1. The van der Waals surface area contributed by atoms with Crippen molar-refractivity contribution in [2.24, 2.45) is 0 Å². The van der Waals surface area contributed by atoms with Gasteiger partial charge in [0.25, 0.3) is 0 Å². The number of nitrogens with one attached hydrogen (secondary N) is 1. The number of rotatable bonds is 4. The predicted octanol–water partition coefficient (Wildman–Crippen LogP) is 1.19. The molecule has 2 N–H and O–H groups in total. The molecule has 0 radical (unpaired) electrons. The highest BCUT2D eigenvalue weighted by Crippen LogP contribution is 2.17. The fourth-order valence-corrected chi connectivity index (χ4v) is 2.34. The second-order valence-corrected chi connectivity index (χ2v) is 5.46. The smallest absolute Gasteiger partial charge is 0.322 e. The number of benzene rings is 1. The summed E-state index contributed by atoms with van der Waals surface area (Å²) in [6.07, 6.45) is 0. The number of carboxylic acids is 1. The average molecular weight is 276 g/mol. The van der Waals surface area contributed by atoms with Crippen LogP contribution in [-0.4, -0.2) is 41.0 Å². The van der Waals surface area contributed by atoms with Crippen molar-refractivity contribution < 1.29 is 14.7 Å². The van der Waals surface area contributed by atoms with Gasteiger partial charge in [-0.25, -0.2) is 0 Å². The zero-order valence-electron chi connectivity index (χ0n) is 11.8. The summed E-state index contributed by atoms with van der Waals surface area (Å²) in [4.78, 5) is 24.3. The van der Waals surface area contributed by atoms with Crippen LogP contribution in [0.3, 0.4) is 0 Å². The van der Waals surface area contributed by atoms with Crippen LogP contribution in [0, 0.1) is 0 Å². The molecule has 5 heteroatoms. The molecule has 1 fully saturated rings. The molecular formula is C15H20N2O3. The number of nitrogens with zero attached hydrogens (tertiary/aromatic N) is 1. The largest absolute Gasteiger partial charge is 0.480 e. The van der Waals surface area contributed by atoms with Crippen molar-refractivity contribution in [3.8, 4) is 0 Å². The van der Waals surface area contributed by atoms with Crippen molar-refractivity contribution in [3.63, 3.8) is 0 Å². The molecular weight excluding hydrogens is 256 g/mol. The summed E-state index contributed by atoms with van der Waals surface area (Å²) in [7, 11) is 0. The summed E-state index contributed by atoms with van der Waals surface area (Å²) in [5.41, 5.74) is 2.27. The molecule has 1 aliphatic rings. The van der Waals surface area contributed by atoms with Gasteiger partial charge in [-0.1, -0.05) is 38.1 Å². The Labute approximate surface area is 118 Å². The van der Waals surface area contributed by atoms with Gasteiger partial charge in [0, 0.05) is 13.1 Å². The lowest BCUT2D eigenvalue weighted by Crippen LogP contribution is -2.56. The van der Waals surface area contributed by atoms with Crippen molar-refractivity contribution in [2.75, 3.05) is 13.1 Å². The van der Waals surface area contributed by atoms with Crippen LogP contribution >= 0.6 is 0 Å². The van der Waals surface area contributed by atoms with E-state index in [0.29, 0.717) is 12.5 Å². The second-order valence-electron chi connectivity index (χ2n) is 5.46. The molecule has 1 unspecified atom stereocenters. The average Bonchev–Trinajstić information content (AvgIpc) is 2.39. The first kappa shape index (κ1) is 14.5. The number of hydrogen-bond acceptors (Lipinski definition) is 3. The molecule has 0 aliphatic carbocycles. The monoisotopic (exact) mass is 276 g/mol. The number of hydrogen-bond donors (Lipinski definition) is 2. The van der Waals surface area contributed by atoms with E-state index in [-0.39, 0.29) is 19.0 Å². The van der Waals surface area contributed by atoms with Crippen molar-refractivity contribution in [1.29, 1.82) is 0 Å². The summed E-state index contributed by atoms with van der Waals surface area (Å²) in [6, 6.07) is 7.46. The Kier molecular flexibility index (Phi) is 4.39. The number of carbonyl (C=O) groups excluding carboxylic acids is 1. The summed E-state index contributed by atoms with van der Waals surface area (Å²) < 4.78 is 0. The van der Waals surface area contributed by atoms with Gasteiger partial charge in [0.05, 0.1) is 6.54 Å². The van der Waals surface area contributed by atoms with Gasteiger partial charge in [-0.3, -0.25) is 14.5 Å². The van der Waals surface area contributed by atoms with E-state index in [9.17, 15) is 14.7 Å². The van der Waals surface area contributed by atoms with Gasteiger partial charge in [0.2, 0.25) is 5.91 Å². The minimum absolute atomic E-state index is 0.124. The van der Waals surface area contributed by atoms with Gasteiger partial charge in [0.1, 0.15) is 6.04 Å². The SMILES string of the molecule is CC(C)c1ccc(CN2CC(=O)NCC2C(=O)O)cc1. The van der Waals surface area contributed by atoms with Crippen LogP contribution < -0.4 is 5.32 Å².